The molecule has 0 aliphatic heterocycles. The number of phenols is 1. The maximum Gasteiger partial charge on any atom is 0.311 e. The first-order valence-corrected chi connectivity index (χ1v) is 7.37. The average molecular weight is 343 g/mol. The molecule has 8 heteroatoms. The van der Waals surface area contributed by atoms with Gasteiger partial charge in [0.05, 0.1) is 11.1 Å². The lowest BCUT2D eigenvalue weighted by molar-refractivity contribution is -0.385. The first kappa shape index (κ1) is 17.9. The highest BCUT2D eigenvalue weighted by Crippen LogP contribution is 2.27. The lowest BCUT2D eigenvalue weighted by Gasteiger charge is -2.06. The summed E-state index contributed by atoms with van der Waals surface area (Å²) < 4.78 is 5.18. The molecule has 8 nitrogen and oxygen atoms in total. The molecule has 0 saturated carbocycles. The number of nitro benzene ring substituents is 1. The van der Waals surface area contributed by atoms with Crippen LogP contribution < -0.4 is 10.2 Å². The number of carbonyl (C=O) groups excluding carboxylic acids is 1. The number of hydrogen-bond donors (Lipinski definition) is 2. The number of nitro groups is 1. The Hall–Kier alpha value is -3.42. The Morgan fingerprint density at radius 3 is 2.84 bits per heavy atom. The van der Waals surface area contributed by atoms with Crippen LogP contribution in [-0.2, 0) is 4.79 Å². The summed E-state index contributed by atoms with van der Waals surface area (Å²) in [6, 6.07) is 9.59. The van der Waals surface area contributed by atoms with E-state index in [1.807, 2.05) is 0 Å². The molecule has 0 heterocycles. The van der Waals surface area contributed by atoms with E-state index >= 15 is 0 Å². The van der Waals surface area contributed by atoms with Gasteiger partial charge in [0.15, 0.2) is 12.4 Å². The number of nitrogens with zero attached hydrogens (tertiary/aromatic N) is 2. The predicted octanol–water partition coefficient (Wildman–Crippen LogP) is 2.45. The van der Waals surface area contributed by atoms with E-state index in [9.17, 15) is 20.0 Å². The number of rotatable bonds is 6. The highest BCUT2D eigenvalue weighted by molar-refractivity contribution is 5.85. The van der Waals surface area contributed by atoms with Crippen molar-refractivity contribution in [3.8, 4) is 11.5 Å². The summed E-state index contributed by atoms with van der Waals surface area (Å²) in [6.45, 7) is 3.04. The number of para-hydroxylation sites is 1. The number of aromatic hydroxyl groups is 1. The average Bonchev–Trinajstić information content (AvgIpc) is 2.57. The molecular formula is C17H17N3O5. The quantitative estimate of drug-likeness (QED) is 0.475. The van der Waals surface area contributed by atoms with Crippen LogP contribution >= 0.6 is 0 Å². The molecule has 25 heavy (non-hydrogen) atoms. The van der Waals surface area contributed by atoms with E-state index in [0.29, 0.717) is 16.7 Å². The Labute approximate surface area is 143 Å². The third kappa shape index (κ3) is 4.77. The second kappa shape index (κ2) is 7.91. The maximum absolute atomic E-state index is 11.7. The highest BCUT2D eigenvalue weighted by atomic mass is 16.6. The number of benzene rings is 2. The summed E-state index contributed by atoms with van der Waals surface area (Å²) in [5, 5.41) is 24.5. The van der Waals surface area contributed by atoms with Crippen molar-refractivity contribution < 1.29 is 19.6 Å². The minimum atomic E-state index is -0.585. The SMILES string of the molecule is Cc1ccc(OCC(=O)N/N=C\c2cccc(C)c2O)c([N+](=O)[O-])c1. The number of carbonyl (C=O) groups is 1. The highest BCUT2D eigenvalue weighted by Gasteiger charge is 2.16. The van der Waals surface area contributed by atoms with Gasteiger partial charge in [0.1, 0.15) is 5.75 Å². The minimum Gasteiger partial charge on any atom is -0.507 e. The molecule has 0 aliphatic carbocycles. The van der Waals surface area contributed by atoms with Crippen molar-refractivity contribution in [2.75, 3.05) is 6.61 Å². The number of hydrogen-bond acceptors (Lipinski definition) is 6. The molecule has 0 aliphatic rings. The number of ether oxygens (including phenoxy) is 1. The van der Waals surface area contributed by atoms with E-state index in [4.69, 9.17) is 4.74 Å². The summed E-state index contributed by atoms with van der Waals surface area (Å²) >= 11 is 0. The van der Waals surface area contributed by atoms with Crippen molar-refractivity contribution in [3.63, 3.8) is 0 Å². The number of aryl methyl sites for hydroxylation is 2. The minimum absolute atomic E-state index is 0.00561. The summed E-state index contributed by atoms with van der Waals surface area (Å²) in [5.41, 5.74) is 3.88. The Bertz CT molecular complexity index is 833. The molecule has 0 aromatic heterocycles. The molecule has 0 spiro atoms. The van der Waals surface area contributed by atoms with Gasteiger partial charge < -0.3 is 9.84 Å². The van der Waals surface area contributed by atoms with Crippen LogP contribution in [-0.4, -0.2) is 28.8 Å². The molecule has 0 unspecified atom stereocenters. The molecule has 0 fully saturated rings. The molecule has 0 atom stereocenters. The van der Waals surface area contributed by atoms with E-state index in [0.717, 1.165) is 0 Å². The second-order valence-corrected chi connectivity index (χ2v) is 5.32. The van der Waals surface area contributed by atoms with Crippen molar-refractivity contribution in [1.29, 1.82) is 0 Å². The third-order valence-corrected chi connectivity index (χ3v) is 3.33. The zero-order chi connectivity index (χ0) is 18.4. The van der Waals surface area contributed by atoms with Gasteiger partial charge in [-0.3, -0.25) is 14.9 Å². The molecule has 2 rings (SSSR count). The Kier molecular flexibility index (Phi) is 5.67. The smallest absolute Gasteiger partial charge is 0.311 e. The van der Waals surface area contributed by atoms with Gasteiger partial charge in [-0.1, -0.05) is 18.2 Å². The van der Waals surface area contributed by atoms with Crippen molar-refractivity contribution in [3.05, 3.63) is 63.2 Å². The summed E-state index contributed by atoms with van der Waals surface area (Å²) in [5.74, 6) is -0.503. The van der Waals surface area contributed by atoms with E-state index in [2.05, 4.69) is 10.5 Å². The molecule has 2 aromatic carbocycles. The van der Waals surface area contributed by atoms with E-state index < -0.39 is 17.4 Å². The molecule has 0 saturated heterocycles. The molecule has 2 N–H and O–H groups in total. The monoisotopic (exact) mass is 343 g/mol. The predicted molar refractivity (Wildman–Crippen MR) is 91.9 cm³/mol. The maximum atomic E-state index is 11.7. The van der Waals surface area contributed by atoms with E-state index in [-0.39, 0.29) is 17.2 Å². The summed E-state index contributed by atoms with van der Waals surface area (Å²) in [4.78, 5) is 22.1. The van der Waals surface area contributed by atoms with Crippen LogP contribution in [0.25, 0.3) is 0 Å². The number of phenolic OH excluding ortho intramolecular Hbond substituents is 1. The molecule has 0 radical (unpaired) electrons. The van der Waals surface area contributed by atoms with Crippen molar-refractivity contribution in [1.82, 2.24) is 5.43 Å². The molecular weight excluding hydrogens is 326 g/mol. The van der Waals surface area contributed by atoms with E-state index in [1.54, 1.807) is 38.1 Å². The first-order valence-electron chi connectivity index (χ1n) is 7.37. The van der Waals surface area contributed by atoms with E-state index in [1.165, 1.54) is 18.3 Å². The van der Waals surface area contributed by atoms with Gasteiger partial charge in [-0.05, 0) is 37.1 Å². The fourth-order valence-corrected chi connectivity index (χ4v) is 2.03. The fraction of sp³-hybridized carbons (Fsp3) is 0.176. The van der Waals surface area contributed by atoms with Crippen LogP contribution in [0.2, 0.25) is 0 Å². The molecule has 0 bridgehead atoms. The normalized spacial score (nSPS) is 10.6. The molecule has 2 aromatic rings. The van der Waals surface area contributed by atoms with Crippen LogP contribution in [0.1, 0.15) is 16.7 Å². The standard InChI is InChI=1S/C17H17N3O5/c1-11-6-7-15(14(8-11)20(23)24)25-10-16(21)19-18-9-13-5-3-4-12(2)17(13)22/h3-9,22H,10H2,1-2H3,(H,19,21)/b18-9-. The van der Waals surface area contributed by atoms with Crippen molar-refractivity contribution >= 4 is 17.8 Å². The lowest BCUT2D eigenvalue weighted by Crippen LogP contribution is -2.24. The van der Waals surface area contributed by atoms with Gasteiger partial charge in [-0.25, -0.2) is 5.43 Å². The third-order valence-electron chi connectivity index (χ3n) is 3.33. The van der Waals surface area contributed by atoms with Gasteiger partial charge in [0.2, 0.25) is 0 Å². The van der Waals surface area contributed by atoms with Gasteiger partial charge >= 0.3 is 5.69 Å². The van der Waals surface area contributed by atoms with Crippen LogP contribution in [0, 0.1) is 24.0 Å². The van der Waals surface area contributed by atoms with Crippen LogP contribution in [0.5, 0.6) is 11.5 Å². The summed E-state index contributed by atoms with van der Waals surface area (Å²) in [6.07, 6.45) is 1.30. The topological polar surface area (TPSA) is 114 Å². The number of nitrogens with one attached hydrogen (secondary N) is 1. The first-order chi connectivity index (χ1) is 11.9. The zero-order valence-corrected chi connectivity index (χ0v) is 13.7. The Balaban J connectivity index is 1.94. The van der Waals surface area contributed by atoms with Gasteiger partial charge in [-0.2, -0.15) is 5.10 Å². The molecule has 1 amide bonds. The Morgan fingerprint density at radius 1 is 1.36 bits per heavy atom. The van der Waals surface area contributed by atoms with Crippen LogP contribution in [0.4, 0.5) is 5.69 Å². The van der Waals surface area contributed by atoms with Gasteiger partial charge in [0, 0.05) is 11.6 Å². The zero-order valence-electron chi connectivity index (χ0n) is 13.7. The van der Waals surface area contributed by atoms with Crippen molar-refractivity contribution in [2.45, 2.75) is 13.8 Å². The second-order valence-electron chi connectivity index (χ2n) is 5.32. The Morgan fingerprint density at radius 2 is 2.12 bits per heavy atom. The summed E-state index contributed by atoms with van der Waals surface area (Å²) in [7, 11) is 0. The largest absolute Gasteiger partial charge is 0.507 e. The number of hydrazone groups is 1. The van der Waals surface area contributed by atoms with Crippen molar-refractivity contribution in [2.24, 2.45) is 5.10 Å². The van der Waals surface area contributed by atoms with Gasteiger partial charge in [0.25, 0.3) is 5.91 Å². The van der Waals surface area contributed by atoms with Gasteiger partial charge in [-0.15, -0.1) is 0 Å². The number of amides is 1. The van der Waals surface area contributed by atoms with Crippen LogP contribution in [0.3, 0.4) is 0 Å². The molecule has 130 valence electrons. The lowest BCUT2D eigenvalue weighted by atomic mass is 10.1. The fourth-order valence-electron chi connectivity index (χ4n) is 2.03. The van der Waals surface area contributed by atoms with Crippen LogP contribution in [0.15, 0.2) is 41.5 Å².